The third-order valence-corrected chi connectivity index (χ3v) is 4.96. The fraction of sp³-hybridized carbons (Fsp3) is 0.588. The van der Waals surface area contributed by atoms with E-state index in [1.54, 1.807) is 0 Å². The zero-order valence-electron chi connectivity index (χ0n) is 11.6. The zero-order valence-corrected chi connectivity index (χ0v) is 11.6. The minimum atomic E-state index is 0.259. The summed E-state index contributed by atoms with van der Waals surface area (Å²) >= 11 is 0. The molecular formula is C17H23NO. The van der Waals surface area contributed by atoms with Crippen LogP contribution in [-0.2, 0) is 11.2 Å². The van der Waals surface area contributed by atoms with Gasteiger partial charge in [0.25, 0.3) is 0 Å². The van der Waals surface area contributed by atoms with Gasteiger partial charge in [0, 0.05) is 12.5 Å². The number of nitrogens with one attached hydrogen (secondary N) is 1. The number of fused-ring (bicyclic) bond motifs is 1. The third kappa shape index (κ3) is 2.83. The maximum absolute atomic E-state index is 11.6. The minimum Gasteiger partial charge on any atom is -0.353 e. The number of hydrogen-bond acceptors (Lipinski definition) is 1. The van der Waals surface area contributed by atoms with Gasteiger partial charge in [0.1, 0.15) is 0 Å². The highest BCUT2D eigenvalue weighted by molar-refractivity contribution is 5.77. The van der Waals surface area contributed by atoms with E-state index in [4.69, 9.17) is 0 Å². The summed E-state index contributed by atoms with van der Waals surface area (Å²) in [7, 11) is 0. The molecule has 2 fully saturated rings. The lowest BCUT2D eigenvalue weighted by Crippen LogP contribution is -2.51. The Labute approximate surface area is 115 Å². The van der Waals surface area contributed by atoms with Gasteiger partial charge in [0.05, 0.1) is 0 Å². The molecular weight excluding hydrogens is 234 g/mol. The van der Waals surface area contributed by atoms with Crippen LogP contribution in [0.15, 0.2) is 30.3 Å². The minimum absolute atomic E-state index is 0.259. The van der Waals surface area contributed by atoms with E-state index >= 15 is 0 Å². The number of hydrogen-bond donors (Lipinski definition) is 1. The second-order valence-corrected chi connectivity index (χ2v) is 6.39. The van der Waals surface area contributed by atoms with E-state index in [9.17, 15) is 4.79 Å². The molecule has 0 radical (unpaired) electrons. The standard InChI is InChI=1S/C17H23NO/c1-12-9-17(19)18-16-8-7-14(11-15(12)16)10-13-5-3-2-4-6-13/h2-6,12,14-16H,7-11H2,1H3,(H,18,19). The average Bonchev–Trinajstić information content (AvgIpc) is 2.40. The number of amides is 1. The molecule has 1 heterocycles. The van der Waals surface area contributed by atoms with Crippen molar-refractivity contribution in [3.8, 4) is 0 Å². The molecule has 0 bridgehead atoms. The predicted octanol–water partition coefficient (Wildman–Crippen LogP) is 3.17. The number of carbonyl (C=O) groups is 1. The Morgan fingerprint density at radius 1 is 1.21 bits per heavy atom. The van der Waals surface area contributed by atoms with E-state index in [2.05, 4.69) is 42.6 Å². The van der Waals surface area contributed by atoms with Gasteiger partial charge in [-0.2, -0.15) is 0 Å². The van der Waals surface area contributed by atoms with Gasteiger partial charge in [-0.1, -0.05) is 37.3 Å². The number of benzene rings is 1. The summed E-state index contributed by atoms with van der Waals surface area (Å²) in [4.78, 5) is 11.6. The normalized spacial score (nSPS) is 34.5. The molecule has 102 valence electrons. The van der Waals surface area contributed by atoms with Gasteiger partial charge < -0.3 is 5.32 Å². The summed E-state index contributed by atoms with van der Waals surface area (Å²) in [6, 6.07) is 11.3. The van der Waals surface area contributed by atoms with E-state index in [0.717, 1.165) is 18.8 Å². The van der Waals surface area contributed by atoms with E-state index < -0.39 is 0 Å². The Morgan fingerprint density at radius 2 is 2.00 bits per heavy atom. The average molecular weight is 257 g/mol. The van der Waals surface area contributed by atoms with Crippen molar-refractivity contribution in [2.45, 2.75) is 45.1 Å². The molecule has 1 aromatic rings. The fourth-order valence-electron chi connectivity index (χ4n) is 3.95. The van der Waals surface area contributed by atoms with Crippen LogP contribution in [0.2, 0.25) is 0 Å². The molecule has 1 amide bonds. The topological polar surface area (TPSA) is 29.1 Å². The first-order chi connectivity index (χ1) is 9.22. The fourth-order valence-corrected chi connectivity index (χ4v) is 3.95. The van der Waals surface area contributed by atoms with Crippen LogP contribution >= 0.6 is 0 Å². The molecule has 1 saturated carbocycles. The molecule has 1 aliphatic carbocycles. The van der Waals surface area contributed by atoms with Crippen LogP contribution in [0.1, 0.15) is 38.2 Å². The van der Waals surface area contributed by atoms with Crippen molar-refractivity contribution in [3.05, 3.63) is 35.9 Å². The number of rotatable bonds is 2. The first-order valence-corrected chi connectivity index (χ1v) is 7.55. The van der Waals surface area contributed by atoms with Crippen molar-refractivity contribution in [2.24, 2.45) is 17.8 Å². The smallest absolute Gasteiger partial charge is 0.220 e. The summed E-state index contributed by atoms with van der Waals surface area (Å²) in [5.74, 6) is 2.30. The van der Waals surface area contributed by atoms with Crippen LogP contribution in [0.5, 0.6) is 0 Å². The second kappa shape index (κ2) is 5.36. The van der Waals surface area contributed by atoms with Crippen molar-refractivity contribution in [2.75, 3.05) is 0 Å². The van der Waals surface area contributed by atoms with E-state index in [0.29, 0.717) is 17.9 Å². The molecule has 2 heteroatoms. The monoisotopic (exact) mass is 257 g/mol. The Kier molecular flexibility index (Phi) is 3.58. The Bertz CT molecular complexity index is 442. The van der Waals surface area contributed by atoms with Crippen LogP contribution in [0.4, 0.5) is 0 Å². The van der Waals surface area contributed by atoms with Gasteiger partial charge in [-0.3, -0.25) is 4.79 Å². The second-order valence-electron chi connectivity index (χ2n) is 6.39. The van der Waals surface area contributed by atoms with Crippen molar-refractivity contribution >= 4 is 5.91 Å². The van der Waals surface area contributed by atoms with Crippen LogP contribution < -0.4 is 5.32 Å². The van der Waals surface area contributed by atoms with Gasteiger partial charge in [-0.05, 0) is 49.0 Å². The molecule has 2 nitrogen and oxygen atoms in total. The van der Waals surface area contributed by atoms with Crippen molar-refractivity contribution in [3.63, 3.8) is 0 Å². The van der Waals surface area contributed by atoms with E-state index in [-0.39, 0.29) is 5.91 Å². The summed E-state index contributed by atoms with van der Waals surface area (Å²) in [5.41, 5.74) is 1.46. The molecule has 1 aliphatic heterocycles. The lowest BCUT2D eigenvalue weighted by Gasteiger charge is -2.43. The first kappa shape index (κ1) is 12.7. The van der Waals surface area contributed by atoms with E-state index in [1.807, 2.05) is 0 Å². The molecule has 3 rings (SSSR count). The molecule has 1 aromatic carbocycles. The largest absolute Gasteiger partial charge is 0.353 e. The maximum atomic E-state index is 11.6. The van der Waals surface area contributed by atoms with Crippen LogP contribution in [0.3, 0.4) is 0 Å². The molecule has 2 aliphatic rings. The molecule has 0 aromatic heterocycles. The summed E-state index contributed by atoms with van der Waals surface area (Å²) in [5, 5.41) is 3.19. The van der Waals surface area contributed by atoms with Gasteiger partial charge in [-0.15, -0.1) is 0 Å². The first-order valence-electron chi connectivity index (χ1n) is 7.55. The molecule has 1 N–H and O–H groups in total. The lowest BCUT2D eigenvalue weighted by molar-refractivity contribution is -0.127. The van der Waals surface area contributed by atoms with Crippen LogP contribution in [0.25, 0.3) is 0 Å². The molecule has 4 atom stereocenters. The molecule has 0 spiro atoms. The number of piperidine rings is 1. The van der Waals surface area contributed by atoms with Crippen molar-refractivity contribution < 1.29 is 4.79 Å². The summed E-state index contributed by atoms with van der Waals surface area (Å²) < 4.78 is 0. The Hall–Kier alpha value is -1.31. The van der Waals surface area contributed by atoms with E-state index in [1.165, 1.54) is 24.8 Å². The Morgan fingerprint density at radius 3 is 2.79 bits per heavy atom. The van der Waals surface area contributed by atoms with Crippen molar-refractivity contribution in [1.82, 2.24) is 5.32 Å². The Balaban J connectivity index is 1.64. The summed E-state index contributed by atoms with van der Waals surface area (Å²) in [6.07, 6.45) is 5.62. The number of carbonyl (C=O) groups excluding carboxylic acids is 1. The lowest BCUT2D eigenvalue weighted by atomic mass is 9.68. The SMILES string of the molecule is CC1CC(=O)NC2CCC(Cc3ccccc3)CC12. The summed E-state index contributed by atoms with van der Waals surface area (Å²) in [6.45, 7) is 2.25. The van der Waals surface area contributed by atoms with Crippen molar-refractivity contribution in [1.29, 1.82) is 0 Å². The van der Waals surface area contributed by atoms with Gasteiger partial charge in [-0.25, -0.2) is 0 Å². The van der Waals surface area contributed by atoms with Crippen LogP contribution in [-0.4, -0.2) is 11.9 Å². The van der Waals surface area contributed by atoms with Crippen LogP contribution in [0, 0.1) is 17.8 Å². The highest BCUT2D eigenvalue weighted by atomic mass is 16.1. The van der Waals surface area contributed by atoms with Gasteiger partial charge in [0.15, 0.2) is 0 Å². The molecule has 1 saturated heterocycles. The predicted molar refractivity (Wildman–Crippen MR) is 76.7 cm³/mol. The van der Waals surface area contributed by atoms with Gasteiger partial charge in [0.2, 0.25) is 5.91 Å². The highest BCUT2D eigenvalue weighted by Gasteiger charge is 2.38. The molecule has 19 heavy (non-hydrogen) atoms. The van der Waals surface area contributed by atoms with Gasteiger partial charge >= 0.3 is 0 Å². The zero-order chi connectivity index (χ0) is 13.2. The highest BCUT2D eigenvalue weighted by Crippen LogP contribution is 2.38. The maximum Gasteiger partial charge on any atom is 0.220 e. The third-order valence-electron chi connectivity index (χ3n) is 4.96. The quantitative estimate of drug-likeness (QED) is 0.866. The molecule has 4 unspecified atom stereocenters.